The summed E-state index contributed by atoms with van der Waals surface area (Å²) in [6, 6.07) is 0. The second-order valence-corrected chi connectivity index (χ2v) is 6.11. The number of rotatable bonds is 4. The van der Waals surface area contributed by atoms with Crippen molar-refractivity contribution in [2.45, 2.75) is 16.5 Å². The number of hydrogen-bond acceptors (Lipinski definition) is 7. The summed E-state index contributed by atoms with van der Waals surface area (Å²) >= 11 is 4.21. The molecule has 0 aromatic carbocycles. The third-order valence-electron chi connectivity index (χ3n) is 1.65. The van der Waals surface area contributed by atoms with Crippen LogP contribution in [0, 0.1) is 0 Å². The molecule has 2 aromatic heterocycles. The monoisotopic (exact) mass is 272 g/mol. The highest BCUT2D eigenvalue weighted by Crippen LogP contribution is 2.25. The van der Waals surface area contributed by atoms with Gasteiger partial charge in [-0.15, -0.1) is 21.5 Å². The molecule has 16 heavy (non-hydrogen) atoms. The third-order valence-corrected chi connectivity index (χ3v) is 4.25. The Balaban J connectivity index is 1.90. The van der Waals surface area contributed by atoms with Gasteiger partial charge in [0, 0.05) is 11.6 Å². The lowest BCUT2D eigenvalue weighted by Gasteiger charge is -2.07. The van der Waals surface area contributed by atoms with Crippen molar-refractivity contribution in [1.29, 1.82) is 0 Å². The summed E-state index contributed by atoms with van der Waals surface area (Å²) < 4.78 is 0.793. The molecule has 0 fully saturated rings. The average molecular weight is 272 g/mol. The van der Waals surface area contributed by atoms with E-state index in [1.807, 2.05) is 12.3 Å². The summed E-state index contributed by atoms with van der Waals surface area (Å²) in [6.07, 6.45) is 1.66. The number of nitrogens with zero attached hydrogens (tertiary/aromatic N) is 3. The first-order chi connectivity index (χ1) is 7.75. The SMILES string of the molecule is C[C@@H](Sc1nncs1)C(=O)Nc1nccs1. The predicted molar refractivity (Wildman–Crippen MR) is 66.0 cm³/mol. The Kier molecular flexibility index (Phi) is 3.86. The maximum atomic E-state index is 11.7. The molecule has 1 amide bonds. The molecule has 0 radical (unpaired) electrons. The molecule has 0 aliphatic heterocycles. The molecule has 1 N–H and O–H groups in total. The molecule has 0 aliphatic carbocycles. The van der Waals surface area contributed by atoms with Gasteiger partial charge in [0.25, 0.3) is 0 Å². The smallest absolute Gasteiger partial charge is 0.239 e. The van der Waals surface area contributed by atoms with Gasteiger partial charge in [-0.25, -0.2) is 4.98 Å². The molecular formula is C8H8N4OS3. The van der Waals surface area contributed by atoms with Crippen LogP contribution in [-0.4, -0.2) is 26.3 Å². The summed E-state index contributed by atoms with van der Waals surface area (Å²) in [5.74, 6) is -0.0739. The van der Waals surface area contributed by atoms with Crippen LogP contribution in [0.25, 0.3) is 0 Å². The summed E-state index contributed by atoms with van der Waals surface area (Å²) in [6.45, 7) is 1.83. The maximum absolute atomic E-state index is 11.7. The van der Waals surface area contributed by atoms with Gasteiger partial charge in [0.05, 0.1) is 5.25 Å². The van der Waals surface area contributed by atoms with Crippen LogP contribution in [0.2, 0.25) is 0 Å². The van der Waals surface area contributed by atoms with Crippen LogP contribution in [0.5, 0.6) is 0 Å². The van der Waals surface area contributed by atoms with Crippen LogP contribution >= 0.6 is 34.4 Å². The molecular weight excluding hydrogens is 264 g/mol. The Bertz CT molecular complexity index is 442. The minimum absolute atomic E-state index is 0.0739. The van der Waals surface area contributed by atoms with Crippen molar-refractivity contribution in [2.24, 2.45) is 0 Å². The number of nitrogens with one attached hydrogen (secondary N) is 1. The Morgan fingerprint density at radius 2 is 2.44 bits per heavy atom. The van der Waals surface area contributed by atoms with Crippen molar-refractivity contribution in [3.05, 3.63) is 17.1 Å². The quantitative estimate of drug-likeness (QED) is 0.863. The summed E-state index contributed by atoms with van der Waals surface area (Å²) in [4.78, 5) is 15.7. The average Bonchev–Trinajstić information content (AvgIpc) is 2.90. The van der Waals surface area contributed by atoms with Gasteiger partial charge in [-0.05, 0) is 6.92 Å². The number of anilines is 1. The fourth-order valence-corrected chi connectivity index (χ4v) is 3.07. The van der Waals surface area contributed by atoms with E-state index < -0.39 is 0 Å². The lowest BCUT2D eigenvalue weighted by Crippen LogP contribution is -2.22. The third kappa shape index (κ3) is 3.00. The van der Waals surface area contributed by atoms with Crippen LogP contribution in [0.1, 0.15) is 6.92 Å². The molecule has 8 heteroatoms. The van der Waals surface area contributed by atoms with E-state index in [4.69, 9.17) is 0 Å². The lowest BCUT2D eigenvalue weighted by atomic mass is 10.4. The Morgan fingerprint density at radius 3 is 3.06 bits per heavy atom. The number of amides is 1. The fourth-order valence-electron chi connectivity index (χ4n) is 0.911. The van der Waals surface area contributed by atoms with Crippen molar-refractivity contribution in [3.8, 4) is 0 Å². The lowest BCUT2D eigenvalue weighted by molar-refractivity contribution is -0.115. The highest BCUT2D eigenvalue weighted by atomic mass is 32.2. The van der Waals surface area contributed by atoms with E-state index in [2.05, 4.69) is 20.5 Å². The number of aromatic nitrogens is 3. The Morgan fingerprint density at radius 1 is 1.56 bits per heavy atom. The number of carbonyl (C=O) groups is 1. The highest BCUT2D eigenvalue weighted by Gasteiger charge is 2.16. The van der Waals surface area contributed by atoms with Gasteiger partial charge in [-0.3, -0.25) is 4.79 Å². The van der Waals surface area contributed by atoms with Gasteiger partial charge in [0.15, 0.2) is 9.47 Å². The van der Waals surface area contributed by atoms with Crippen LogP contribution in [0.4, 0.5) is 5.13 Å². The van der Waals surface area contributed by atoms with E-state index in [0.717, 1.165) is 4.34 Å². The number of thiazole rings is 1. The highest BCUT2D eigenvalue weighted by molar-refractivity contribution is 8.02. The number of hydrogen-bond donors (Lipinski definition) is 1. The van der Waals surface area contributed by atoms with Crippen LogP contribution in [-0.2, 0) is 4.79 Å². The molecule has 5 nitrogen and oxygen atoms in total. The summed E-state index contributed by atoms with van der Waals surface area (Å²) in [5.41, 5.74) is 1.65. The van der Waals surface area contributed by atoms with Crippen molar-refractivity contribution in [1.82, 2.24) is 15.2 Å². The Hall–Kier alpha value is -0.990. The van der Waals surface area contributed by atoms with Gasteiger partial charge in [0.2, 0.25) is 5.91 Å². The largest absolute Gasteiger partial charge is 0.301 e. The maximum Gasteiger partial charge on any atom is 0.239 e. The first kappa shape index (κ1) is 11.5. The molecule has 2 aromatic rings. The van der Waals surface area contributed by atoms with Crippen molar-refractivity contribution >= 4 is 45.5 Å². The topological polar surface area (TPSA) is 67.8 Å². The molecule has 0 saturated carbocycles. The van der Waals surface area contributed by atoms with E-state index in [1.165, 1.54) is 34.4 Å². The fraction of sp³-hybridized carbons (Fsp3) is 0.250. The summed E-state index contributed by atoms with van der Waals surface area (Å²) in [5, 5.41) is 12.6. The molecule has 2 rings (SSSR count). The standard InChI is InChI=1S/C8H8N4OS3/c1-5(16-8-12-10-4-15-8)6(13)11-7-9-2-3-14-7/h2-5H,1H3,(H,9,11,13)/t5-/m1/s1. The van der Waals surface area contributed by atoms with Gasteiger partial charge >= 0.3 is 0 Å². The first-order valence-electron chi connectivity index (χ1n) is 4.39. The molecule has 2 heterocycles. The van der Waals surface area contributed by atoms with E-state index in [-0.39, 0.29) is 11.2 Å². The van der Waals surface area contributed by atoms with Crippen LogP contribution < -0.4 is 5.32 Å². The van der Waals surface area contributed by atoms with E-state index in [9.17, 15) is 4.79 Å². The van der Waals surface area contributed by atoms with E-state index in [1.54, 1.807) is 11.7 Å². The Labute approximate surface area is 104 Å². The van der Waals surface area contributed by atoms with Crippen molar-refractivity contribution in [3.63, 3.8) is 0 Å². The molecule has 0 spiro atoms. The molecule has 0 saturated heterocycles. The van der Waals surface area contributed by atoms with Gasteiger partial charge in [0.1, 0.15) is 5.51 Å². The second-order valence-electron chi connectivity index (χ2n) is 2.79. The van der Waals surface area contributed by atoms with Gasteiger partial charge < -0.3 is 5.32 Å². The van der Waals surface area contributed by atoms with Gasteiger partial charge in [-0.1, -0.05) is 23.1 Å². The molecule has 1 atom stereocenters. The van der Waals surface area contributed by atoms with Gasteiger partial charge in [-0.2, -0.15) is 0 Å². The molecule has 84 valence electrons. The first-order valence-corrected chi connectivity index (χ1v) is 7.03. The van der Waals surface area contributed by atoms with Crippen molar-refractivity contribution < 1.29 is 4.79 Å². The van der Waals surface area contributed by atoms with E-state index in [0.29, 0.717) is 5.13 Å². The summed E-state index contributed by atoms with van der Waals surface area (Å²) in [7, 11) is 0. The van der Waals surface area contributed by atoms with Crippen molar-refractivity contribution in [2.75, 3.05) is 5.32 Å². The second kappa shape index (κ2) is 5.37. The number of thioether (sulfide) groups is 1. The number of carbonyl (C=O) groups excluding carboxylic acids is 1. The predicted octanol–water partition coefficient (Wildman–Crippen LogP) is 2.11. The van der Waals surface area contributed by atoms with Crippen LogP contribution in [0.3, 0.4) is 0 Å². The zero-order valence-electron chi connectivity index (χ0n) is 8.28. The molecule has 0 aliphatic rings. The molecule has 0 unspecified atom stereocenters. The van der Waals surface area contributed by atoms with E-state index >= 15 is 0 Å². The normalized spacial score (nSPS) is 12.3. The molecule has 0 bridgehead atoms. The van der Waals surface area contributed by atoms with Crippen LogP contribution in [0.15, 0.2) is 21.4 Å². The zero-order valence-corrected chi connectivity index (χ0v) is 10.7. The minimum Gasteiger partial charge on any atom is -0.301 e. The zero-order chi connectivity index (χ0) is 11.4. The minimum atomic E-state index is -0.211.